The van der Waals surface area contributed by atoms with Crippen LogP contribution in [0.5, 0.6) is 0 Å². The van der Waals surface area contributed by atoms with Crippen molar-refractivity contribution in [3.63, 3.8) is 0 Å². The smallest absolute Gasteiger partial charge is 0.382 e. The summed E-state index contributed by atoms with van der Waals surface area (Å²) >= 11 is 0. The Labute approximate surface area is 148 Å². The molecule has 0 bridgehead atoms. The summed E-state index contributed by atoms with van der Waals surface area (Å²) in [6.07, 6.45) is -4.34. The first kappa shape index (κ1) is 19.9. The standard InChI is InChI=1S/C17H20F3N3O3/c1-3-26-10-6-9-21-15(24)11(2)23-13-8-5-4-7-12(13)22-14(16(23)25)17(18,19)20/h4-5,7-8,11H,3,6,9-10H2,1-2H3,(H,21,24). The van der Waals surface area contributed by atoms with Crippen molar-refractivity contribution in [1.82, 2.24) is 14.9 Å². The second kappa shape index (κ2) is 8.31. The van der Waals surface area contributed by atoms with Crippen molar-refractivity contribution in [2.24, 2.45) is 0 Å². The molecule has 0 aliphatic heterocycles. The van der Waals surface area contributed by atoms with Crippen LogP contribution in [0.25, 0.3) is 11.0 Å². The molecule has 1 aromatic heterocycles. The molecule has 1 N–H and O–H groups in total. The zero-order valence-corrected chi connectivity index (χ0v) is 14.5. The van der Waals surface area contributed by atoms with E-state index in [-0.39, 0.29) is 11.0 Å². The minimum atomic E-state index is -4.91. The molecule has 1 aromatic carbocycles. The lowest BCUT2D eigenvalue weighted by molar-refractivity contribution is -0.142. The summed E-state index contributed by atoms with van der Waals surface area (Å²) < 4.78 is 45.4. The predicted octanol–water partition coefficient (Wildman–Crippen LogP) is 2.52. The van der Waals surface area contributed by atoms with E-state index in [1.165, 1.54) is 25.1 Å². The van der Waals surface area contributed by atoms with E-state index in [0.717, 1.165) is 4.57 Å². The number of alkyl halides is 3. The normalized spacial score (nSPS) is 13.0. The van der Waals surface area contributed by atoms with Gasteiger partial charge >= 0.3 is 6.18 Å². The zero-order chi connectivity index (χ0) is 19.3. The molecular formula is C17H20F3N3O3. The Kier molecular flexibility index (Phi) is 6.36. The van der Waals surface area contributed by atoms with Crippen LogP contribution in [0, 0.1) is 0 Å². The van der Waals surface area contributed by atoms with Gasteiger partial charge in [0.05, 0.1) is 11.0 Å². The molecule has 2 rings (SSSR count). The van der Waals surface area contributed by atoms with Gasteiger partial charge in [-0.3, -0.25) is 14.2 Å². The Bertz CT molecular complexity index is 833. The monoisotopic (exact) mass is 371 g/mol. The molecule has 1 amide bonds. The number of aromatic nitrogens is 2. The fraction of sp³-hybridized carbons (Fsp3) is 0.471. The molecule has 9 heteroatoms. The highest BCUT2D eigenvalue weighted by Crippen LogP contribution is 2.27. The molecule has 0 fully saturated rings. The third kappa shape index (κ3) is 4.40. The van der Waals surface area contributed by atoms with Gasteiger partial charge in [0.25, 0.3) is 5.56 Å². The molecule has 0 aliphatic rings. The fourth-order valence-electron chi connectivity index (χ4n) is 2.52. The van der Waals surface area contributed by atoms with Crippen LogP contribution in [0.4, 0.5) is 13.2 Å². The molecule has 142 valence electrons. The van der Waals surface area contributed by atoms with Crippen molar-refractivity contribution < 1.29 is 22.7 Å². The van der Waals surface area contributed by atoms with E-state index in [9.17, 15) is 22.8 Å². The van der Waals surface area contributed by atoms with Crippen molar-refractivity contribution in [2.45, 2.75) is 32.5 Å². The Morgan fingerprint density at radius 1 is 1.35 bits per heavy atom. The molecule has 26 heavy (non-hydrogen) atoms. The van der Waals surface area contributed by atoms with Gasteiger partial charge in [-0.15, -0.1) is 0 Å². The van der Waals surface area contributed by atoms with Crippen molar-refractivity contribution in [3.05, 3.63) is 40.3 Å². The largest absolute Gasteiger partial charge is 0.438 e. The number of nitrogens with zero attached hydrogens (tertiary/aromatic N) is 2. The summed E-state index contributed by atoms with van der Waals surface area (Å²) in [5.41, 5.74) is -2.71. The third-order valence-corrected chi connectivity index (χ3v) is 3.80. The van der Waals surface area contributed by atoms with Crippen LogP contribution in [-0.2, 0) is 15.7 Å². The maximum absolute atomic E-state index is 13.2. The summed E-state index contributed by atoms with van der Waals surface area (Å²) in [6.45, 7) is 4.54. The van der Waals surface area contributed by atoms with Gasteiger partial charge in [-0.1, -0.05) is 12.1 Å². The Morgan fingerprint density at radius 3 is 2.69 bits per heavy atom. The molecule has 1 heterocycles. The fourth-order valence-corrected chi connectivity index (χ4v) is 2.52. The van der Waals surface area contributed by atoms with Crippen molar-refractivity contribution in [1.29, 1.82) is 0 Å². The van der Waals surface area contributed by atoms with Crippen LogP contribution in [-0.4, -0.2) is 35.2 Å². The number of nitrogens with one attached hydrogen (secondary N) is 1. The first-order valence-electron chi connectivity index (χ1n) is 8.21. The first-order valence-corrected chi connectivity index (χ1v) is 8.21. The molecule has 6 nitrogen and oxygen atoms in total. The molecule has 2 aromatic rings. The van der Waals surface area contributed by atoms with E-state index in [0.29, 0.717) is 26.2 Å². The number of benzene rings is 1. The van der Waals surface area contributed by atoms with Crippen LogP contribution in [0.1, 0.15) is 32.0 Å². The minimum absolute atomic E-state index is 0.00424. The highest BCUT2D eigenvalue weighted by molar-refractivity contribution is 5.83. The topological polar surface area (TPSA) is 73.2 Å². The molecule has 0 radical (unpaired) electrons. The van der Waals surface area contributed by atoms with Gasteiger partial charge in [0, 0.05) is 19.8 Å². The molecule has 0 saturated carbocycles. The van der Waals surface area contributed by atoms with E-state index in [1.807, 2.05) is 6.92 Å². The number of ether oxygens (including phenoxy) is 1. The van der Waals surface area contributed by atoms with E-state index < -0.39 is 29.4 Å². The van der Waals surface area contributed by atoms with Gasteiger partial charge in [0.2, 0.25) is 11.6 Å². The summed E-state index contributed by atoms with van der Waals surface area (Å²) in [5.74, 6) is -0.548. The molecule has 0 spiro atoms. The number of carbonyl (C=O) groups excluding carboxylic acids is 1. The number of hydrogen-bond acceptors (Lipinski definition) is 4. The number of halogens is 3. The Balaban J connectivity index is 2.36. The van der Waals surface area contributed by atoms with Crippen LogP contribution < -0.4 is 10.9 Å². The van der Waals surface area contributed by atoms with E-state index in [1.54, 1.807) is 6.07 Å². The number of amides is 1. The zero-order valence-electron chi connectivity index (χ0n) is 14.5. The van der Waals surface area contributed by atoms with E-state index in [2.05, 4.69) is 10.3 Å². The second-order valence-electron chi connectivity index (χ2n) is 5.64. The number of carbonyl (C=O) groups is 1. The molecule has 1 unspecified atom stereocenters. The van der Waals surface area contributed by atoms with Gasteiger partial charge in [0.15, 0.2) is 0 Å². The highest BCUT2D eigenvalue weighted by atomic mass is 19.4. The Morgan fingerprint density at radius 2 is 2.04 bits per heavy atom. The van der Waals surface area contributed by atoms with E-state index in [4.69, 9.17) is 4.74 Å². The lowest BCUT2D eigenvalue weighted by Gasteiger charge is -2.19. The third-order valence-electron chi connectivity index (χ3n) is 3.80. The van der Waals surface area contributed by atoms with Crippen LogP contribution in [0.15, 0.2) is 29.1 Å². The maximum Gasteiger partial charge on any atom is 0.438 e. The number of rotatable bonds is 7. The Hall–Kier alpha value is -2.42. The maximum atomic E-state index is 13.2. The van der Waals surface area contributed by atoms with Gasteiger partial charge in [0.1, 0.15) is 6.04 Å². The van der Waals surface area contributed by atoms with Gasteiger partial charge < -0.3 is 10.1 Å². The lowest BCUT2D eigenvalue weighted by Crippen LogP contribution is -2.39. The van der Waals surface area contributed by atoms with E-state index >= 15 is 0 Å². The lowest BCUT2D eigenvalue weighted by atomic mass is 10.2. The summed E-state index contributed by atoms with van der Waals surface area (Å²) in [6, 6.07) is 4.79. The van der Waals surface area contributed by atoms with Crippen molar-refractivity contribution >= 4 is 16.9 Å². The number of fused-ring (bicyclic) bond motifs is 1. The average Bonchev–Trinajstić information content (AvgIpc) is 2.59. The van der Waals surface area contributed by atoms with Crippen molar-refractivity contribution in [2.75, 3.05) is 19.8 Å². The van der Waals surface area contributed by atoms with Crippen molar-refractivity contribution in [3.8, 4) is 0 Å². The number of para-hydroxylation sites is 2. The molecule has 1 atom stereocenters. The molecule has 0 saturated heterocycles. The minimum Gasteiger partial charge on any atom is -0.382 e. The summed E-state index contributed by atoms with van der Waals surface area (Å²) in [5, 5.41) is 2.61. The predicted molar refractivity (Wildman–Crippen MR) is 89.8 cm³/mol. The van der Waals surface area contributed by atoms with Gasteiger partial charge in [-0.2, -0.15) is 13.2 Å². The summed E-state index contributed by atoms with van der Waals surface area (Å²) in [4.78, 5) is 28.1. The first-order chi connectivity index (χ1) is 12.3. The molecule has 0 aliphatic carbocycles. The highest BCUT2D eigenvalue weighted by Gasteiger charge is 2.38. The molecular weight excluding hydrogens is 351 g/mol. The van der Waals surface area contributed by atoms with Gasteiger partial charge in [-0.25, -0.2) is 4.98 Å². The number of hydrogen-bond donors (Lipinski definition) is 1. The van der Waals surface area contributed by atoms with Gasteiger partial charge in [-0.05, 0) is 32.4 Å². The van der Waals surface area contributed by atoms with Crippen LogP contribution >= 0.6 is 0 Å². The van der Waals surface area contributed by atoms with Crippen LogP contribution in [0.3, 0.4) is 0 Å². The van der Waals surface area contributed by atoms with Crippen LogP contribution in [0.2, 0.25) is 0 Å². The SMILES string of the molecule is CCOCCCNC(=O)C(C)n1c(=O)c(C(F)(F)F)nc2ccccc21. The second-order valence-corrected chi connectivity index (χ2v) is 5.64. The summed E-state index contributed by atoms with van der Waals surface area (Å²) in [7, 11) is 0. The average molecular weight is 371 g/mol. The quantitative estimate of drug-likeness (QED) is 0.759.